The fourth-order valence-corrected chi connectivity index (χ4v) is 3.45. The van der Waals surface area contributed by atoms with E-state index >= 15 is 0 Å². The monoisotopic (exact) mass is 395 g/mol. The van der Waals surface area contributed by atoms with Crippen LogP contribution in [0.25, 0.3) is 0 Å². The van der Waals surface area contributed by atoms with Crippen molar-refractivity contribution < 1.29 is 9.13 Å². The van der Waals surface area contributed by atoms with Crippen LogP contribution in [0.1, 0.15) is 16.0 Å². The molecule has 0 saturated heterocycles. The van der Waals surface area contributed by atoms with Crippen LogP contribution in [0.3, 0.4) is 0 Å². The molecule has 0 atom stereocenters. The van der Waals surface area contributed by atoms with Crippen molar-refractivity contribution in [3.05, 3.63) is 85.8 Å². The van der Waals surface area contributed by atoms with E-state index in [1.165, 1.54) is 17.0 Å². The summed E-state index contributed by atoms with van der Waals surface area (Å²) in [6.07, 6.45) is 0. The van der Waals surface area contributed by atoms with Crippen molar-refractivity contribution in [2.75, 3.05) is 0 Å². The molecular weight excluding hydrogens is 380 g/mol. The van der Waals surface area contributed by atoms with E-state index in [2.05, 4.69) is 16.8 Å². The molecule has 0 aliphatic heterocycles. The third-order valence-corrected chi connectivity index (χ3v) is 5.08. The minimum Gasteiger partial charge on any atom is -0.489 e. The maximum atomic E-state index is 13.1. The van der Waals surface area contributed by atoms with E-state index in [9.17, 15) is 4.39 Å². The molecule has 1 N–H and O–H groups in total. The van der Waals surface area contributed by atoms with Gasteiger partial charge in [0, 0.05) is 34.1 Å². The van der Waals surface area contributed by atoms with Crippen LogP contribution in [0, 0.1) is 5.82 Å². The molecule has 0 bridgehead atoms. The van der Waals surface area contributed by atoms with Crippen molar-refractivity contribution in [2.45, 2.75) is 19.7 Å². The lowest BCUT2D eigenvalue weighted by Gasteiger charge is -2.13. The second-order valence-electron chi connectivity index (χ2n) is 5.46. The van der Waals surface area contributed by atoms with Gasteiger partial charge >= 0.3 is 0 Å². The Bertz CT molecular complexity index is 839. The SMILES string of the molecule is Fc1ccc(COc2ccc(Cl)cc2CNCc2cccs2)c(Cl)c1. The number of benzene rings is 2. The normalized spacial score (nSPS) is 10.8. The van der Waals surface area contributed by atoms with Gasteiger partial charge in [0.25, 0.3) is 0 Å². The molecule has 0 spiro atoms. The van der Waals surface area contributed by atoms with Gasteiger partial charge < -0.3 is 10.1 Å². The Labute approximate surface area is 160 Å². The Hall–Kier alpha value is -1.59. The molecule has 3 rings (SSSR count). The van der Waals surface area contributed by atoms with Crippen molar-refractivity contribution in [2.24, 2.45) is 0 Å². The zero-order chi connectivity index (χ0) is 17.6. The van der Waals surface area contributed by atoms with E-state index in [0.29, 0.717) is 16.6 Å². The smallest absolute Gasteiger partial charge is 0.124 e. The van der Waals surface area contributed by atoms with Crippen molar-refractivity contribution in [1.29, 1.82) is 0 Å². The number of thiophene rings is 1. The zero-order valence-corrected chi connectivity index (χ0v) is 15.6. The fraction of sp³-hybridized carbons (Fsp3) is 0.158. The van der Waals surface area contributed by atoms with E-state index in [4.69, 9.17) is 27.9 Å². The lowest BCUT2D eigenvalue weighted by molar-refractivity contribution is 0.302. The number of hydrogen-bond acceptors (Lipinski definition) is 3. The van der Waals surface area contributed by atoms with Crippen molar-refractivity contribution in [3.63, 3.8) is 0 Å². The van der Waals surface area contributed by atoms with E-state index in [1.54, 1.807) is 23.5 Å². The van der Waals surface area contributed by atoms with E-state index in [1.807, 2.05) is 18.2 Å². The maximum Gasteiger partial charge on any atom is 0.124 e. The van der Waals surface area contributed by atoms with Gasteiger partial charge in [0.1, 0.15) is 18.2 Å². The molecule has 130 valence electrons. The third-order valence-electron chi connectivity index (χ3n) is 3.62. The lowest BCUT2D eigenvalue weighted by Crippen LogP contribution is -2.13. The largest absolute Gasteiger partial charge is 0.489 e. The highest BCUT2D eigenvalue weighted by Gasteiger charge is 2.08. The predicted molar refractivity (Wildman–Crippen MR) is 102 cm³/mol. The minimum absolute atomic E-state index is 0.263. The van der Waals surface area contributed by atoms with Crippen LogP contribution in [0.5, 0.6) is 5.75 Å². The van der Waals surface area contributed by atoms with Crippen LogP contribution in [-0.2, 0) is 19.7 Å². The molecule has 2 aromatic carbocycles. The zero-order valence-electron chi connectivity index (χ0n) is 13.3. The summed E-state index contributed by atoms with van der Waals surface area (Å²) in [6.45, 7) is 1.68. The lowest BCUT2D eigenvalue weighted by atomic mass is 10.2. The van der Waals surface area contributed by atoms with Crippen molar-refractivity contribution in [3.8, 4) is 5.75 Å². The van der Waals surface area contributed by atoms with Crippen LogP contribution in [0.2, 0.25) is 10.0 Å². The first kappa shape index (κ1) is 18.2. The van der Waals surface area contributed by atoms with Gasteiger partial charge in [-0.2, -0.15) is 0 Å². The Balaban J connectivity index is 1.65. The van der Waals surface area contributed by atoms with Crippen molar-refractivity contribution in [1.82, 2.24) is 5.32 Å². The van der Waals surface area contributed by atoms with Gasteiger partial charge in [0.05, 0.1) is 5.02 Å². The molecule has 0 fully saturated rings. The average molecular weight is 396 g/mol. The highest BCUT2D eigenvalue weighted by Crippen LogP contribution is 2.25. The van der Waals surface area contributed by atoms with Gasteiger partial charge in [-0.25, -0.2) is 4.39 Å². The first-order valence-electron chi connectivity index (χ1n) is 7.70. The molecule has 3 aromatic rings. The Kier molecular flexibility index (Phi) is 6.32. The molecule has 2 nitrogen and oxygen atoms in total. The molecule has 1 aromatic heterocycles. The number of ether oxygens (including phenoxy) is 1. The number of halogens is 3. The summed E-state index contributed by atoms with van der Waals surface area (Å²) in [5, 5.41) is 6.44. The first-order valence-corrected chi connectivity index (χ1v) is 9.33. The average Bonchev–Trinajstić information content (AvgIpc) is 3.09. The van der Waals surface area contributed by atoms with Gasteiger partial charge in [-0.1, -0.05) is 35.3 Å². The Morgan fingerprint density at radius 2 is 1.88 bits per heavy atom. The third kappa shape index (κ3) is 5.19. The van der Waals surface area contributed by atoms with Crippen LogP contribution < -0.4 is 10.1 Å². The number of nitrogens with one attached hydrogen (secondary N) is 1. The molecule has 0 unspecified atom stereocenters. The summed E-state index contributed by atoms with van der Waals surface area (Å²) in [5.41, 5.74) is 1.69. The summed E-state index contributed by atoms with van der Waals surface area (Å²) in [6, 6.07) is 13.9. The Morgan fingerprint density at radius 3 is 2.64 bits per heavy atom. The number of hydrogen-bond donors (Lipinski definition) is 1. The molecule has 0 radical (unpaired) electrons. The molecule has 0 amide bonds. The number of rotatable bonds is 7. The van der Waals surface area contributed by atoms with Gasteiger partial charge in [-0.15, -0.1) is 11.3 Å². The molecule has 0 saturated carbocycles. The van der Waals surface area contributed by atoms with E-state index < -0.39 is 0 Å². The quantitative estimate of drug-likeness (QED) is 0.524. The van der Waals surface area contributed by atoms with Gasteiger partial charge in [-0.05, 0) is 41.8 Å². The summed E-state index contributed by atoms with van der Waals surface area (Å²) in [7, 11) is 0. The molecule has 1 heterocycles. The summed E-state index contributed by atoms with van der Waals surface area (Å²) >= 11 is 13.9. The molecule has 6 heteroatoms. The maximum absolute atomic E-state index is 13.1. The second-order valence-corrected chi connectivity index (χ2v) is 7.34. The predicted octanol–water partition coefficient (Wildman–Crippen LogP) is 6.06. The Morgan fingerprint density at radius 1 is 1.00 bits per heavy atom. The first-order chi connectivity index (χ1) is 12.1. The van der Waals surface area contributed by atoms with Gasteiger partial charge in [0.2, 0.25) is 0 Å². The fourth-order valence-electron chi connectivity index (χ4n) is 2.35. The van der Waals surface area contributed by atoms with Crippen LogP contribution in [0.15, 0.2) is 53.9 Å². The summed E-state index contributed by atoms with van der Waals surface area (Å²) in [5.74, 6) is 0.363. The van der Waals surface area contributed by atoms with Gasteiger partial charge in [0.15, 0.2) is 0 Å². The second kappa shape index (κ2) is 8.68. The van der Waals surface area contributed by atoms with E-state index in [0.717, 1.165) is 23.4 Å². The minimum atomic E-state index is -0.362. The standard InChI is InChI=1S/C19H16Cl2FNOS/c20-15-4-6-19(24-12-13-3-5-16(22)9-18(13)21)14(8-15)10-23-11-17-2-1-7-25-17/h1-9,23H,10-12H2. The highest BCUT2D eigenvalue weighted by atomic mass is 35.5. The van der Waals surface area contributed by atoms with Crippen LogP contribution in [0.4, 0.5) is 4.39 Å². The molecule has 0 aliphatic carbocycles. The van der Waals surface area contributed by atoms with Gasteiger partial charge in [-0.3, -0.25) is 0 Å². The summed E-state index contributed by atoms with van der Waals surface area (Å²) < 4.78 is 19.0. The topological polar surface area (TPSA) is 21.3 Å². The van der Waals surface area contributed by atoms with Crippen LogP contribution in [-0.4, -0.2) is 0 Å². The molecule has 0 aliphatic rings. The molecular formula is C19H16Cl2FNOS. The summed E-state index contributed by atoms with van der Waals surface area (Å²) in [4.78, 5) is 1.27. The van der Waals surface area contributed by atoms with E-state index in [-0.39, 0.29) is 12.4 Å². The molecule has 25 heavy (non-hydrogen) atoms. The van der Waals surface area contributed by atoms with Crippen LogP contribution >= 0.6 is 34.5 Å². The van der Waals surface area contributed by atoms with Crippen molar-refractivity contribution >= 4 is 34.5 Å². The highest BCUT2D eigenvalue weighted by molar-refractivity contribution is 7.09.